The fraction of sp³-hybridized carbons (Fsp3) is 0.467. The predicted octanol–water partition coefficient (Wildman–Crippen LogP) is 0.925. The van der Waals surface area contributed by atoms with E-state index in [4.69, 9.17) is 0 Å². The number of carbonyl (C=O) groups is 1. The Morgan fingerprint density at radius 2 is 1.91 bits per heavy atom. The Kier molecular flexibility index (Phi) is 4.16. The van der Waals surface area contributed by atoms with E-state index in [0.717, 1.165) is 4.57 Å². The summed E-state index contributed by atoms with van der Waals surface area (Å²) in [5, 5.41) is 3.04. The average Bonchev–Trinajstić information content (AvgIpc) is 2.44. The van der Waals surface area contributed by atoms with Gasteiger partial charge in [-0.15, -0.1) is 0 Å². The molecule has 22 heavy (non-hydrogen) atoms. The van der Waals surface area contributed by atoms with Gasteiger partial charge in [0.1, 0.15) is 5.39 Å². The Balaban J connectivity index is 2.74. The zero-order chi connectivity index (χ0) is 16.6. The van der Waals surface area contributed by atoms with Crippen LogP contribution in [0.25, 0.3) is 11.0 Å². The fourth-order valence-corrected chi connectivity index (χ4v) is 2.35. The highest BCUT2D eigenvalue weighted by molar-refractivity contribution is 6.00. The first-order chi connectivity index (χ1) is 10.2. The van der Waals surface area contributed by atoms with Crippen molar-refractivity contribution in [2.24, 2.45) is 20.0 Å². The number of hydrogen-bond acceptors (Lipinski definition) is 4. The number of nitrogens with zero attached hydrogens (tertiary/aromatic N) is 3. The monoisotopic (exact) mass is 304 g/mol. The lowest BCUT2D eigenvalue weighted by atomic mass is 10.1. The van der Waals surface area contributed by atoms with Crippen molar-refractivity contribution >= 4 is 22.6 Å². The van der Waals surface area contributed by atoms with Crippen molar-refractivity contribution in [1.82, 2.24) is 14.1 Å². The summed E-state index contributed by atoms with van der Waals surface area (Å²) >= 11 is 0. The van der Waals surface area contributed by atoms with Crippen molar-refractivity contribution in [2.75, 3.05) is 5.32 Å². The molecule has 0 aliphatic carbocycles. The summed E-state index contributed by atoms with van der Waals surface area (Å²) in [6.07, 6.45) is 1.90. The van der Waals surface area contributed by atoms with E-state index in [0.29, 0.717) is 17.7 Å². The Morgan fingerprint density at radius 3 is 2.50 bits per heavy atom. The number of pyridine rings is 1. The Bertz CT molecular complexity index is 862. The van der Waals surface area contributed by atoms with Crippen LogP contribution in [-0.2, 0) is 18.9 Å². The summed E-state index contributed by atoms with van der Waals surface area (Å²) in [7, 11) is 2.96. The summed E-state index contributed by atoms with van der Waals surface area (Å²) in [5.41, 5.74) is 0.452. The van der Waals surface area contributed by atoms with Gasteiger partial charge in [0.2, 0.25) is 5.91 Å². The van der Waals surface area contributed by atoms with Gasteiger partial charge < -0.3 is 5.32 Å². The molecule has 2 rings (SSSR count). The molecule has 7 heteroatoms. The topological polar surface area (TPSA) is 86.0 Å². The minimum atomic E-state index is -0.464. The number of aryl methyl sites for hydroxylation is 2. The highest BCUT2D eigenvalue weighted by atomic mass is 16.2. The third-order valence-corrected chi connectivity index (χ3v) is 3.52. The molecule has 118 valence electrons. The lowest BCUT2D eigenvalue weighted by molar-refractivity contribution is -0.116. The minimum absolute atomic E-state index is 0.165. The largest absolute Gasteiger partial charge is 0.332 e. The Hall–Kier alpha value is -2.44. The number of anilines is 1. The molecule has 2 aromatic rings. The fourth-order valence-electron chi connectivity index (χ4n) is 2.35. The summed E-state index contributed by atoms with van der Waals surface area (Å²) in [4.78, 5) is 40.6. The van der Waals surface area contributed by atoms with Crippen LogP contribution in [0.3, 0.4) is 0 Å². The number of hydrogen-bond donors (Lipinski definition) is 1. The van der Waals surface area contributed by atoms with Gasteiger partial charge in [0.05, 0.1) is 5.69 Å². The molecule has 0 bridgehead atoms. The van der Waals surface area contributed by atoms with E-state index in [1.165, 1.54) is 11.6 Å². The van der Waals surface area contributed by atoms with E-state index >= 15 is 0 Å². The number of rotatable bonds is 3. The minimum Gasteiger partial charge on any atom is -0.325 e. The van der Waals surface area contributed by atoms with Crippen LogP contribution >= 0.6 is 0 Å². The lowest BCUT2D eigenvalue weighted by Crippen LogP contribution is -2.37. The predicted molar refractivity (Wildman–Crippen MR) is 85.0 cm³/mol. The van der Waals surface area contributed by atoms with Crippen molar-refractivity contribution in [3.05, 3.63) is 32.6 Å². The van der Waals surface area contributed by atoms with E-state index < -0.39 is 11.2 Å². The number of aromatic nitrogens is 3. The number of nitrogens with one attached hydrogen (secondary N) is 1. The molecular weight excluding hydrogens is 284 g/mol. The molecule has 2 heterocycles. The molecule has 0 radical (unpaired) electrons. The molecular formula is C15H20N4O3. The summed E-state index contributed by atoms with van der Waals surface area (Å²) in [6, 6.07) is 0. The van der Waals surface area contributed by atoms with Gasteiger partial charge in [-0.1, -0.05) is 13.8 Å². The third kappa shape index (κ3) is 2.66. The van der Waals surface area contributed by atoms with Crippen molar-refractivity contribution in [3.63, 3.8) is 0 Å². The van der Waals surface area contributed by atoms with Crippen LogP contribution in [0.2, 0.25) is 0 Å². The highest BCUT2D eigenvalue weighted by Gasteiger charge is 2.17. The zero-order valence-electron chi connectivity index (χ0n) is 13.4. The van der Waals surface area contributed by atoms with Gasteiger partial charge in [-0.05, 0) is 18.4 Å². The molecule has 0 aliphatic rings. The second kappa shape index (κ2) is 5.75. The summed E-state index contributed by atoms with van der Waals surface area (Å²) in [5.74, 6) is 0.0436. The molecule has 7 nitrogen and oxygen atoms in total. The molecule has 0 saturated heterocycles. The normalized spacial score (nSPS) is 11.2. The van der Waals surface area contributed by atoms with Crippen LogP contribution in [0.15, 0.2) is 15.8 Å². The molecule has 0 fully saturated rings. The van der Waals surface area contributed by atoms with Crippen LogP contribution in [-0.4, -0.2) is 20.0 Å². The maximum absolute atomic E-state index is 12.4. The van der Waals surface area contributed by atoms with Crippen molar-refractivity contribution in [3.8, 4) is 0 Å². The van der Waals surface area contributed by atoms with Gasteiger partial charge in [-0.2, -0.15) is 0 Å². The molecule has 0 atom stereocenters. The van der Waals surface area contributed by atoms with Gasteiger partial charge in [-0.25, -0.2) is 9.78 Å². The van der Waals surface area contributed by atoms with Crippen LogP contribution < -0.4 is 16.6 Å². The molecule has 1 N–H and O–H groups in total. The van der Waals surface area contributed by atoms with Crippen molar-refractivity contribution in [2.45, 2.75) is 27.2 Å². The molecule has 1 amide bonds. The lowest BCUT2D eigenvalue weighted by Gasteiger charge is -2.14. The SMILES string of the molecule is Cc1cnc2c(c1NC(=O)CC(C)C)c(=O)n(C)c(=O)n2C. The first kappa shape index (κ1) is 15.9. The maximum atomic E-state index is 12.4. The Labute approximate surface area is 127 Å². The zero-order valence-corrected chi connectivity index (χ0v) is 13.4. The quantitative estimate of drug-likeness (QED) is 0.914. The van der Waals surface area contributed by atoms with Crippen LogP contribution in [0, 0.1) is 12.8 Å². The number of carbonyl (C=O) groups excluding carboxylic acids is 1. The van der Waals surface area contributed by atoms with Gasteiger partial charge >= 0.3 is 5.69 Å². The highest BCUT2D eigenvalue weighted by Crippen LogP contribution is 2.22. The van der Waals surface area contributed by atoms with E-state index in [1.807, 2.05) is 13.8 Å². The first-order valence-corrected chi connectivity index (χ1v) is 7.09. The van der Waals surface area contributed by atoms with Gasteiger partial charge in [-0.3, -0.25) is 18.7 Å². The smallest absolute Gasteiger partial charge is 0.325 e. The third-order valence-electron chi connectivity index (χ3n) is 3.52. The average molecular weight is 304 g/mol. The van der Waals surface area contributed by atoms with E-state index in [-0.39, 0.29) is 22.9 Å². The second-order valence-corrected chi connectivity index (χ2v) is 5.87. The second-order valence-electron chi connectivity index (χ2n) is 5.87. The van der Waals surface area contributed by atoms with Crippen LogP contribution in [0.1, 0.15) is 25.8 Å². The molecule has 0 aliphatic heterocycles. The van der Waals surface area contributed by atoms with Crippen LogP contribution in [0.5, 0.6) is 0 Å². The van der Waals surface area contributed by atoms with E-state index in [1.54, 1.807) is 20.2 Å². The molecule has 0 unspecified atom stereocenters. The van der Waals surface area contributed by atoms with E-state index in [2.05, 4.69) is 10.3 Å². The van der Waals surface area contributed by atoms with Crippen molar-refractivity contribution in [1.29, 1.82) is 0 Å². The summed E-state index contributed by atoms with van der Waals surface area (Å²) < 4.78 is 2.32. The number of fused-ring (bicyclic) bond motifs is 1. The summed E-state index contributed by atoms with van der Waals surface area (Å²) in [6.45, 7) is 5.65. The standard InChI is InChI=1S/C15H20N4O3/c1-8(2)6-10(20)17-12-9(3)7-16-13-11(12)14(21)19(5)15(22)18(13)4/h7-8H,6H2,1-5H3,(H,16,17,20). The maximum Gasteiger partial charge on any atom is 0.332 e. The van der Waals surface area contributed by atoms with Gasteiger partial charge in [0.15, 0.2) is 5.65 Å². The molecule has 0 saturated carbocycles. The van der Waals surface area contributed by atoms with Gasteiger partial charge in [0.25, 0.3) is 5.56 Å². The van der Waals surface area contributed by atoms with Crippen LogP contribution in [0.4, 0.5) is 5.69 Å². The molecule has 2 aromatic heterocycles. The van der Waals surface area contributed by atoms with E-state index in [9.17, 15) is 14.4 Å². The molecule has 0 spiro atoms. The Morgan fingerprint density at radius 1 is 1.27 bits per heavy atom. The van der Waals surface area contributed by atoms with Gasteiger partial charge in [0, 0.05) is 26.7 Å². The number of amides is 1. The molecule has 0 aromatic carbocycles. The first-order valence-electron chi connectivity index (χ1n) is 7.09. The van der Waals surface area contributed by atoms with Crippen molar-refractivity contribution < 1.29 is 4.79 Å².